The molecule has 23 heavy (non-hydrogen) atoms. The molecule has 2 N–H and O–H groups in total. The standard InChI is InChI=1S/C15H19N3O3S.ClH/c1-17(2)22(19,20)13-9-7-12(8-10-13)11-18-14(16)5-4-6-15(18)21-3;/h4-10,16H,11H2,1-3H3;1H. The van der Waals surface area contributed by atoms with Crippen LogP contribution in [0.15, 0.2) is 47.4 Å². The Morgan fingerprint density at radius 1 is 1.13 bits per heavy atom. The number of nitrogens with two attached hydrogens (primary N) is 1. The van der Waals surface area contributed by atoms with Crippen molar-refractivity contribution in [2.45, 2.75) is 11.4 Å². The van der Waals surface area contributed by atoms with Gasteiger partial charge in [0.05, 0.1) is 12.0 Å². The van der Waals surface area contributed by atoms with E-state index in [1.54, 1.807) is 37.4 Å². The second-order valence-corrected chi connectivity index (χ2v) is 7.16. The molecule has 1 heterocycles. The topological polar surface area (TPSA) is 76.5 Å². The Hall–Kier alpha value is -1.83. The number of halogens is 1. The normalized spacial score (nSPS) is 11.1. The first-order chi connectivity index (χ1) is 10.4. The van der Waals surface area contributed by atoms with E-state index in [0.29, 0.717) is 18.2 Å². The summed E-state index contributed by atoms with van der Waals surface area (Å²) in [5, 5.41) is 0. The molecule has 0 spiro atoms. The van der Waals surface area contributed by atoms with Crippen molar-refractivity contribution in [3.8, 4) is 5.88 Å². The molecule has 0 atom stereocenters. The largest absolute Gasteiger partial charge is 1.00 e. The van der Waals surface area contributed by atoms with Crippen LogP contribution in [0.5, 0.6) is 5.88 Å². The smallest absolute Gasteiger partial charge is 0.284 e. The van der Waals surface area contributed by atoms with Crippen LogP contribution in [-0.4, -0.2) is 33.9 Å². The Kier molecular flexibility index (Phi) is 6.37. The quantitative estimate of drug-likeness (QED) is 0.620. The fourth-order valence-corrected chi connectivity index (χ4v) is 2.95. The molecule has 1 aromatic heterocycles. The van der Waals surface area contributed by atoms with E-state index in [1.165, 1.54) is 18.4 Å². The van der Waals surface area contributed by atoms with Gasteiger partial charge in [-0.1, -0.05) is 12.1 Å². The molecule has 8 heteroatoms. The van der Waals surface area contributed by atoms with Gasteiger partial charge in [-0.2, -0.15) is 4.57 Å². The van der Waals surface area contributed by atoms with Crippen molar-refractivity contribution in [3.05, 3.63) is 48.0 Å². The summed E-state index contributed by atoms with van der Waals surface area (Å²) in [7, 11) is 1.19. The van der Waals surface area contributed by atoms with E-state index >= 15 is 0 Å². The minimum Gasteiger partial charge on any atom is -1.00 e. The number of sulfonamides is 1. The molecular weight excluding hydrogens is 338 g/mol. The molecule has 0 fully saturated rings. The fourth-order valence-electron chi connectivity index (χ4n) is 2.04. The predicted octanol–water partition coefficient (Wildman–Crippen LogP) is -2.13. The number of methoxy groups -OCH3 is 1. The molecule has 1 aromatic carbocycles. The first kappa shape index (κ1) is 19.2. The van der Waals surface area contributed by atoms with Crippen molar-refractivity contribution in [1.82, 2.24) is 4.31 Å². The highest BCUT2D eigenvalue weighted by Gasteiger charge is 2.17. The summed E-state index contributed by atoms with van der Waals surface area (Å²) in [4.78, 5) is 0.263. The summed E-state index contributed by atoms with van der Waals surface area (Å²) >= 11 is 0. The zero-order valence-electron chi connectivity index (χ0n) is 13.2. The number of hydrogen-bond acceptors (Lipinski definition) is 4. The lowest BCUT2D eigenvalue weighted by Crippen LogP contribution is -3.00. The second-order valence-electron chi connectivity index (χ2n) is 5.01. The van der Waals surface area contributed by atoms with Crippen LogP contribution in [0.2, 0.25) is 0 Å². The van der Waals surface area contributed by atoms with Gasteiger partial charge in [0.25, 0.3) is 11.7 Å². The van der Waals surface area contributed by atoms with E-state index in [9.17, 15) is 8.42 Å². The monoisotopic (exact) mass is 357 g/mol. The summed E-state index contributed by atoms with van der Waals surface area (Å²) in [5.74, 6) is 1.22. The molecule has 0 unspecified atom stereocenters. The van der Waals surface area contributed by atoms with Gasteiger partial charge in [-0.25, -0.2) is 12.7 Å². The lowest BCUT2D eigenvalue weighted by atomic mass is 10.2. The van der Waals surface area contributed by atoms with Gasteiger partial charge in [0, 0.05) is 26.2 Å². The van der Waals surface area contributed by atoms with Gasteiger partial charge < -0.3 is 17.1 Å². The van der Waals surface area contributed by atoms with E-state index < -0.39 is 10.0 Å². The molecule has 0 aliphatic rings. The molecule has 0 amide bonds. The van der Waals surface area contributed by atoms with Gasteiger partial charge in [-0.15, -0.1) is 0 Å². The number of anilines is 1. The number of nitrogens with zero attached hydrogens (tertiary/aromatic N) is 2. The van der Waals surface area contributed by atoms with E-state index in [4.69, 9.17) is 10.5 Å². The van der Waals surface area contributed by atoms with E-state index in [-0.39, 0.29) is 17.3 Å². The van der Waals surface area contributed by atoms with Crippen LogP contribution < -0.4 is 27.4 Å². The molecule has 2 aromatic rings. The molecule has 0 bridgehead atoms. The Morgan fingerprint density at radius 2 is 1.74 bits per heavy atom. The van der Waals surface area contributed by atoms with Gasteiger partial charge in [-0.05, 0) is 23.8 Å². The van der Waals surface area contributed by atoms with Crippen molar-refractivity contribution >= 4 is 15.8 Å². The Morgan fingerprint density at radius 3 is 2.26 bits per heavy atom. The maximum absolute atomic E-state index is 12.0. The van der Waals surface area contributed by atoms with Gasteiger partial charge in [0.15, 0.2) is 0 Å². The van der Waals surface area contributed by atoms with Crippen molar-refractivity contribution in [3.63, 3.8) is 0 Å². The third kappa shape index (κ3) is 4.13. The molecule has 0 aliphatic heterocycles. The lowest BCUT2D eigenvalue weighted by Gasteiger charge is -2.12. The van der Waals surface area contributed by atoms with Gasteiger partial charge in [0.2, 0.25) is 10.0 Å². The molecule has 0 saturated heterocycles. The van der Waals surface area contributed by atoms with Crippen LogP contribution in [-0.2, 0) is 16.6 Å². The van der Waals surface area contributed by atoms with Gasteiger partial charge in [0.1, 0.15) is 6.54 Å². The zero-order chi connectivity index (χ0) is 16.3. The average Bonchev–Trinajstić information content (AvgIpc) is 2.49. The Labute approximate surface area is 143 Å². The van der Waals surface area contributed by atoms with Crippen molar-refractivity contribution in [1.29, 1.82) is 0 Å². The molecular formula is C15H20ClN3O3S. The summed E-state index contributed by atoms with van der Waals surface area (Å²) in [6.07, 6.45) is 0. The number of aromatic nitrogens is 1. The second kappa shape index (κ2) is 7.63. The zero-order valence-corrected chi connectivity index (χ0v) is 14.8. The number of pyridine rings is 1. The highest BCUT2D eigenvalue weighted by molar-refractivity contribution is 7.89. The average molecular weight is 358 g/mol. The maximum atomic E-state index is 12.0. The summed E-state index contributed by atoms with van der Waals surface area (Å²) in [6, 6.07) is 12.2. The van der Waals surface area contributed by atoms with E-state index in [0.717, 1.165) is 5.56 Å². The summed E-state index contributed by atoms with van der Waals surface area (Å²) in [5.41, 5.74) is 6.89. The number of hydrogen-bond donors (Lipinski definition) is 1. The molecule has 0 aliphatic carbocycles. The first-order valence-corrected chi connectivity index (χ1v) is 8.14. The highest BCUT2D eigenvalue weighted by Crippen LogP contribution is 2.15. The Balaban J connectivity index is 0.00000264. The summed E-state index contributed by atoms with van der Waals surface area (Å²) in [6.45, 7) is 0.498. The minimum absolute atomic E-state index is 0. The van der Waals surface area contributed by atoms with Crippen LogP contribution >= 0.6 is 0 Å². The van der Waals surface area contributed by atoms with Gasteiger partial charge >= 0.3 is 0 Å². The number of benzene rings is 1. The van der Waals surface area contributed by atoms with Crippen LogP contribution in [0.1, 0.15) is 5.56 Å². The number of ether oxygens (including phenoxy) is 1. The summed E-state index contributed by atoms with van der Waals surface area (Å²) < 4.78 is 32.4. The number of nitrogen functional groups attached to an aromatic ring is 1. The van der Waals surface area contributed by atoms with Crippen LogP contribution in [0.3, 0.4) is 0 Å². The molecule has 0 radical (unpaired) electrons. The molecule has 0 saturated carbocycles. The molecule has 126 valence electrons. The van der Waals surface area contributed by atoms with Crippen LogP contribution in [0.25, 0.3) is 0 Å². The maximum Gasteiger partial charge on any atom is 0.284 e. The molecule has 6 nitrogen and oxygen atoms in total. The SMILES string of the molecule is COc1cccc(N)[n+]1Cc1ccc(S(=O)(=O)N(C)C)cc1.[Cl-]. The van der Waals surface area contributed by atoms with Crippen LogP contribution in [0, 0.1) is 0 Å². The van der Waals surface area contributed by atoms with E-state index in [2.05, 4.69) is 0 Å². The van der Waals surface area contributed by atoms with Crippen molar-refractivity contribution in [2.24, 2.45) is 0 Å². The minimum atomic E-state index is -3.41. The fraction of sp³-hybridized carbons (Fsp3) is 0.267. The predicted molar refractivity (Wildman–Crippen MR) is 84.0 cm³/mol. The first-order valence-electron chi connectivity index (χ1n) is 6.70. The Bertz CT molecular complexity index is 762. The highest BCUT2D eigenvalue weighted by atomic mass is 35.5. The molecule has 2 rings (SSSR count). The third-order valence-electron chi connectivity index (χ3n) is 3.34. The lowest BCUT2D eigenvalue weighted by molar-refractivity contribution is -0.679. The van der Waals surface area contributed by atoms with E-state index in [1.807, 2.05) is 16.7 Å². The van der Waals surface area contributed by atoms with Crippen molar-refractivity contribution < 1.29 is 30.1 Å². The third-order valence-corrected chi connectivity index (χ3v) is 5.16. The van der Waals surface area contributed by atoms with Crippen LogP contribution in [0.4, 0.5) is 5.82 Å². The van der Waals surface area contributed by atoms with Crippen molar-refractivity contribution in [2.75, 3.05) is 26.9 Å². The van der Waals surface area contributed by atoms with Gasteiger partial charge in [-0.3, -0.25) is 5.73 Å². The number of rotatable bonds is 5.